The van der Waals surface area contributed by atoms with Crippen LogP contribution in [0.3, 0.4) is 0 Å². The number of aliphatic imine (C=N–C) groups is 1. The standard InChI is InChI=1S/C24H35N5O7/c1-24(2,3)28-23(26)27-18-19(29(22(18)31)15-7-9-16(34-6)10-8-15)21(36-14-33-5)20(35-13-32-4)17(30)11-12-25/h7-10,18-21H,11,13-14H2,1-6H3,(H3,26,27,28)/t18-,19-,20+,21+/m0/s1. The zero-order chi connectivity index (χ0) is 26.9. The van der Waals surface area contributed by atoms with Gasteiger partial charge in [0, 0.05) is 25.4 Å². The normalized spacial score (nSPS) is 19.8. The Kier molecular flexibility index (Phi) is 10.6. The van der Waals surface area contributed by atoms with Crippen LogP contribution in [0.25, 0.3) is 0 Å². The summed E-state index contributed by atoms with van der Waals surface area (Å²) in [5.41, 5.74) is 6.24. The van der Waals surface area contributed by atoms with E-state index in [9.17, 15) is 9.59 Å². The maximum Gasteiger partial charge on any atom is 0.254 e. The fraction of sp³-hybridized carbons (Fsp3) is 0.583. The molecule has 1 aromatic carbocycles. The van der Waals surface area contributed by atoms with Crippen molar-refractivity contribution in [1.82, 2.24) is 5.32 Å². The van der Waals surface area contributed by atoms with E-state index in [1.54, 1.807) is 24.3 Å². The number of methoxy groups -OCH3 is 3. The Morgan fingerprint density at radius 2 is 1.78 bits per heavy atom. The van der Waals surface area contributed by atoms with Crippen LogP contribution < -0.4 is 20.7 Å². The largest absolute Gasteiger partial charge is 0.497 e. The molecule has 12 heteroatoms. The highest BCUT2D eigenvalue weighted by Gasteiger charge is 2.56. The van der Waals surface area contributed by atoms with Gasteiger partial charge in [0.25, 0.3) is 5.91 Å². The molecule has 198 valence electrons. The number of benzene rings is 1. The fourth-order valence-electron chi connectivity index (χ4n) is 3.76. The minimum atomic E-state index is -1.24. The molecule has 1 amide bonds. The number of anilines is 1. The summed E-state index contributed by atoms with van der Waals surface area (Å²) in [5.74, 6) is -0.223. The summed E-state index contributed by atoms with van der Waals surface area (Å²) >= 11 is 0. The number of nitrogens with one attached hydrogen (secondary N) is 1. The van der Waals surface area contributed by atoms with Crippen molar-refractivity contribution in [1.29, 1.82) is 5.26 Å². The first-order valence-electron chi connectivity index (χ1n) is 11.3. The molecule has 36 heavy (non-hydrogen) atoms. The van der Waals surface area contributed by atoms with Gasteiger partial charge in [0.15, 0.2) is 17.8 Å². The van der Waals surface area contributed by atoms with Gasteiger partial charge in [0.05, 0.1) is 25.6 Å². The van der Waals surface area contributed by atoms with Crippen LogP contribution in [0, 0.1) is 11.3 Å². The number of nitrogens with zero attached hydrogens (tertiary/aromatic N) is 3. The quantitative estimate of drug-likeness (QED) is 0.171. The van der Waals surface area contributed by atoms with Crippen molar-refractivity contribution in [3.63, 3.8) is 0 Å². The molecule has 0 radical (unpaired) electrons. The van der Waals surface area contributed by atoms with Crippen molar-refractivity contribution in [3.05, 3.63) is 24.3 Å². The van der Waals surface area contributed by atoms with Crippen LogP contribution in [0.1, 0.15) is 27.2 Å². The Balaban J connectivity index is 2.56. The highest BCUT2D eigenvalue weighted by molar-refractivity contribution is 6.07. The van der Waals surface area contributed by atoms with E-state index in [0.717, 1.165) is 0 Å². The monoisotopic (exact) mass is 505 g/mol. The average molecular weight is 506 g/mol. The van der Waals surface area contributed by atoms with E-state index in [0.29, 0.717) is 11.4 Å². The predicted molar refractivity (Wildman–Crippen MR) is 131 cm³/mol. The second-order valence-corrected chi connectivity index (χ2v) is 9.06. The van der Waals surface area contributed by atoms with Crippen LogP contribution in [-0.4, -0.2) is 82.4 Å². The number of nitriles is 1. The first kappa shape index (κ1) is 29.0. The third-order valence-electron chi connectivity index (χ3n) is 5.19. The molecule has 0 unspecified atom stereocenters. The maximum absolute atomic E-state index is 13.4. The van der Waals surface area contributed by atoms with E-state index in [1.807, 2.05) is 26.8 Å². The summed E-state index contributed by atoms with van der Waals surface area (Å²) in [6, 6.07) is 6.85. The van der Waals surface area contributed by atoms with Crippen molar-refractivity contribution in [2.24, 2.45) is 10.7 Å². The number of guanidine groups is 1. The molecule has 4 atom stereocenters. The minimum absolute atomic E-state index is 0.0587. The van der Waals surface area contributed by atoms with Gasteiger partial charge in [0.1, 0.15) is 31.5 Å². The zero-order valence-electron chi connectivity index (χ0n) is 21.5. The second kappa shape index (κ2) is 13.2. The Labute approximate surface area is 211 Å². The van der Waals surface area contributed by atoms with Gasteiger partial charge in [-0.2, -0.15) is 5.26 Å². The van der Waals surface area contributed by atoms with Crippen LogP contribution >= 0.6 is 0 Å². The third-order valence-corrected chi connectivity index (χ3v) is 5.19. The first-order chi connectivity index (χ1) is 17.1. The molecular weight excluding hydrogens is 470 g/mol. The van der Waals surface area contributed by atoms with Gasteiger partial charge in [-0.25, -0.2) is 4.99 Å². The highest BCUT2D eigenvalue weighted by atomic mass is 16.7. The minimum Gasteiger partial charge on any atom is -0.497 e. The number of ketones is 1. The lowest BCUT2D eigenvalue weighted by molar-refractivity contribution is -0.179. The topological polar surface area (TPSA) is 158 Å². The number of hydrogen-bond donors (Lipinski definition) is 2. The number of carbonyl (C=O) groups is 2. The van der Waals surface area contributed by atoms with Crippen molar-refractivity contribution in [2.45, 2.75) is 57.0 Å². The summed E-state index contributed by atoms with van der Waals surface area (Å²) in [7, 11) is 4.36. The van der Waals surface area contributed by atoms with Gasteiger partial charge in [-0.15, -0.1) is 0 Å². The van der Waals surface area contributed by atoms with Gasteiger partial charge in [0.2, 0.25) is 0 Å². The van der Waals surface area contributed by atoms with Crippen molar-refractivity contribution >= 4 is 23.3 Å². The fourth-order valence-corrected chi connectivity index (χ4v) is 3.76. The number of rotatable bonds is 13. The molecule has 1 saturated heterocycles. The number of carbonyl (C=O) groups excluding carboxylic acids is 2. The SMILES string of the molecule is COCO[C@H]([C@@H]1[C@H](N=C(N)NC(C)(C)C)C(=O)N1c1ccc(OC)cc1)[C@H](OCOC)C(=O)CC#N. The van der Waals surface area contributed by atoms with Gasteiger partial charge >= 0.3 is 0 Å². The number of hydrogen-bond acceptors (Lipinski definition) is 9. The van der Waals surface area contributed by atoms with Gasteiger partial charge in [-0.1, -0.05) is 0 Å². The molecule has 1 heterocycles. The Morgan fingerprint density at radius 1 is 1.17 bits per heavy atom. The van der Waals surface area contributed by atoms with E-state index in [-0.39, 0.29) is 25.5 Å². The summed E-state index contributed by atoms with van der Waals surface area (Å²) in [6.07, 6.45) is -2.73. The summed E-state index contributed by atoms with van der Waals surface area (Å²) in [5, 5.41) is 12.2. The lowest BCUT2D eigenvalue weighted by atomic mass is 9.85. The van der Waals surface area contributed by atoms with E-state index >= 15 is 0 Å². The van der Waals surface area contributed by atoms with Crippen molar-refractivity contribution < 1.29 is 33.3 Å². The van der Waals surface area contributed by atoms with Gasteiger partial charge in [-0.05, 0) is 45.0 Å². The molecule has 3 N–H and O–H groups in total. The molecule has 0 saturated carbocycles. The van der Waals surface area contributed by atoms with Crippen LogP contribution in [0.15, 0.2) is 29.3 Å². The number of nitrogens with two attached hydrogens (primary N) is 1. The zero-order valence-corrected chi connectivity index (χ0v) is 21.5. The molecule has 1 aliphatic heterocycles. The molecule has 1 aliphatic rings. The van der Waals surface area contributed by atoms with Gasteiger partial charge in [-0.3, -0.25) is 9.59 Å². The predicted octanol–water partition coefficient (Wildman–Crippen LogP) is 0.943. The number of Topliss-reactive ketones (excluding diaryl/α,β-unsaturated/α-hetero) is 1. The van der Waals surface area contributed by atoms with Crippen LogP contribution in [0.4, 0.5) is 5.69 Å². The second-order valence-electron chi connectivity index (χ2n) is 9.06. The molecule has 12 nitrogen and oxygen atoms in total. The van der Waals surface area contributed by atoms with Crippen LogP contribution in [0.2, 0.25) is 0 Å². The van der Waals surface area contributed by atoms with Crippen molar-refractivity contribution in [2.75, 3.05) is 39.8 Å². The van der Waals surface area contributed by atoms with Gasteiger partial charge < -0.3 is 39.6 Å². The summed E-state index contributed by atoms with van der Waals surface area (Å²) < 4.78 is 26.9. The third kappa shape index (κ3) is 7.38. The van der Waals surface area contributed by atoms with E-state index in [4.69, 9.17) is 34.7 Å². The Bertz CT molecular complexity index is 955. The van der Waals surface area contributed by atoms with E-state index < -0.39 is 42.0 Å². The van der Waals surface area contributed by atoms with Crippen molar-refractivity contribution in [3.8, 4) is 11.8 Å². The molecule has 0 aliphatic carbocycles. The molecule has 1 fully saturated rings. The highest BCUT2D eigenvalue weighted by Crippen LogP contribution is 2.36. The molecule has 0 spiro atoms. The van der Waals surface area contributed by atoms with Crippen LogP contribution in [0.5, 0.6) is 5.75 Å². The maximum atomic E-state index is 13.4. The summed E-state index contributed by atoms with van der Waals surface area (Å²) in [6.45, 7) is 5.26. The first-order valence-corrected chi connectivity index (χ1v) is 11.3. The molecule has 2 rings (SSSR count). The lowest BCUT2D eigenvalue weighted by Crippen LogP contribution is -2.72. The number of β-lactam (4-membered cyclic amide) rings is 1. The van der Waals surface area contributed by atoms with Crippen LogP contribution in [-0.2, 0) is 28.5 Å². The number of amides is 1. The van der Waals surface area contributed by atoms with E-state index in [1.165, 1.54) is 26.2 Å². The average Bonchev–Trinajstić information content (AvgIpc) is 2.82. The Hall–Kier alpha value is -3.24. The Morgan fingerprint density at radius 3 is 2.31 bits per heavy atom. The van der Waals surface area contributed by atoms with E-state index in [2.05, 4.69) is 10.3 Å². The lowest BCUT2D eigenvalue weighted by Gasteiger charge is -2.49. The summed E-state index contributed by atoms with van der Waals surface area (Å²) in [4.78, 5) is 32.1. The smallest absolute Gasteiger partial charge is 0.254 e. The molecular formula is C24H35N5O7. The molecule has 0 aromatic heterocycles. The number of ether oxygens (including phenoxy) is 5. The molecule has 1 aromatic rings. The molecule has 0 bridgehead atoms.